The van der Waals surface area contributed by atoms with E-state index in [1.54, 1.807) is 27.3 Å². The summed E-state index contributed by atoms with van der Waals surface area (Å²) in [6.07, 6.45) is 0. The van der Waals surface area contributed by atoms with Crippen LogP contribution in [0.25, 0.3) is 11.0 Å². The number of primary amides is 1. The van der Waals surface area contributed by atoms with E-state index < -0.39 is 5.91 Å². The van der Waals surface area contributed by atoms with Gasteiger partial charge < -0.3 is 18.1 Å². The molecule has 120 valence electrons. The Balaban J connectivity index is 0.00000192. The molecule has 3 aromatic rings. The topological polar surface area (TPSA) is 77.9 Å². The van der Waals surface area contributed by atoms with Crippen molar-refractivity contribution in [2.24, 2.45) is 5.73 Å². The van der Waals surface area contributed by atoms with Crippen molar-refractivity contribution in [1.82, 2.24) is 4.57 Å². The minimum atomic E-state index is -0.481. The number of nitrogens with two attached hydrogens (primary N) is 2. The van der Waals surface area contributed by atoms with Crippen molar-refractivity contribution in [3.05, 3.63) is 59.9 Å². The number of hydrogen-bond donors (Lipinski definition) is 2. The van der Waals surface area contributed by atoms with Crippen molar-refractivity contribution < 1.29 is 26.2 Å². The van der Waals surface area contributed by atoms with E-state index in [4.69, 9.17) is 11.5 Å². The van der Waals surface area contributed by atoms with Crippen LogP contribution in [0.4, 0.5) is 10.3 Å². The second-order valence-corrected chi connectivity index (χ2v) is 5.08. The van der Waals surface area contributed by atoms with Gasteiger partial charge in [0.2, 0.25) is 0 Å². The highest BCUT2D eigenvalue weighted by molar-refractivity contribution is 5.79. The monoisotopic (exact) mass is 334 g/mol. The van der Waals surface area contributed by atoms with Gasteiger partial charge in [0.15, 0.2) is 6.54 Å². The van der Waals surface area contributed by atoms with E-state index in [0.29, 0.717) is 11.5 Å². The lowest BCUT2D eigenvalue weighted by molar-refractivity contribution is -0.648. The number of amides is 1. The predicted molar refractivity (Wildman–Crippen MR) is 81.2 cm³/mol. The van der Waals surface area contributed by atoms with Gasteiger partial charge in [-0.3, -0.25) is 10.5 Å². The van der Waals surface area contributed by atoms with Crippen LogP contribution >= 0.6 is 0 Å². The summed E-state index contributed by atoms with van der Waals surface area (Å²) in [5.41, 5.74) is 13.6. The average molecular weight is 335 g/mol. The van der Waals surface area contributed by atoms with Crippen molar-refractivity contribution in [2.45, 2.75) is 13.1 Å². The number of aromatic nitrogens is 2. The van der Waals surface area contributed by atoms with Crippen molar-refractivity contribution in [1.29, 1.82) is 0 Å². The largest absolute Gasteiger partial charge is 1.00 e. The molecule has 0 unspecified atom stereocenters. The molecule has 7 heteroatoms. The van der Waals surface area contributed by atoms with Crippen LogP contribution in [0.2, 0.25) is 0 Å². The minimum absolute atomic E-state index is 0. The number of halogens is 2. The van der Waals surface area contributed by atoms with E-state index in [2.05, 4.69) is 0 Å². The Kier molecular flexibility index (Phi) is 4.86. The number of hydrogen-bond acceptors (Lipinski definition) is 2. The van der Waals surface area contributed by atoms with E-state index in [9.17, 15) is 9.18 Å². The Morgan fingerprint density at radius 3 is 2.48 bits per heavy atom. The van der Waals surface area contributed by atoms with E-state index in [0.717, 1.165) is 11.0 Å². The van der Waals surface area contributed by atoms with E-state index >= 15 is 0 Å². The lowest BCUT2D eigenvalue weighted by atomic mass is 10.2. The van der Waals surface area contributed by atoms with Gasteiger partial charge in [0.1, 0.15) is 23.4 Å². The summed E-state index contributed by atoms with van der Waals surface area (Å²) in [4.78, 5) is 11.3. The lowest BCUT2D eigenvalue weighted by Crippen LogP contribution is -3.00. The van der Waals surface area contributed by atoms with Crippen molar-refractivity contribution in [3.63, 3.8) is 0 Å². The second kappa shape index (κ2) is 6.66. The Labute approximate surface area is 138 Å². The number of anilines is 1. The Bertz CT molecular complexity index is 862. The van der Waals surface area contributed by atoms with E-state index in [1.807, 2.05) is 24.3 Å². The number of para-hydroxylation sites is 2. The van der Waals surface area contributed by atoms with Crippen LogP contribution < -0.4 is 28.4 Å². The molecule has 0 aliphatic rings. The summed E-state index contributed by atoms with van der Waals surface area (Å²) >= 11 is 0. The van der Waals surface area contributed by atoms with Crippen molar-refractivity contribution in [3.8, 4) is 0 Å². The van der Waals surface area contributed by atoms with Gasteiger partial charge in [-0.05, 0) is 18.2 Å². The van der Waals surface area contributed by atoms with Gasteiger partial charge in [0.05, 0.1) is 0 Å². The molecule has 3 rings (SSSR count). The standard InChI is InChI=1S/C16H15FN4O.ClH/c17-12-6-2-1-5-11(12)9-20-13-7-3-4-8-14(13)21(16(20)19)10-15(18)22;/h1-8,19H,9-10H2,(H2,18,22);1H. The molecule has 0 atom stereocenters. The van der Waals surface area contributed by atoms with Crippen molar-refractivity contribution in [2.75, 3.05) is 5.73 Å². The highest BCUT2D eigenvalue weighted by atomic mass is 35.5. The molecular formula is C16H16ClFN4O. The van der Waals surface area contributed by atoms with Crippen molar-refractivity contribution >= 4 is 22.9 Å². The van der Waals surface area contributed by atoms with Crippen LogP contribution in [0, 0.1) is 5.82 Å². The smallest absolute Gasteiger partial charge is 0.356 e. The summed E-state index contributed by atoms with van der Waals surface area (Å²) in [6, 6.07) is 14.0. The van der Waals surface area contributed by atoms with Crippen LogP contribution in [-0.2, 0) is 17.9 Å². The van der Waals surface area contributed by atoms with Crippen LogP contribution in [0.5, 0.6) is 0 Å². The molecule has 0 aliphatic heterocycles. The third-order valence-electron chi connectivity index (χ3n) is 3.62. The average Bonchev–Trinajstić information content (AvgIpc) is 2.75. The van der Waals surface area contributed by atoms with Crippen LogP contribution in [0.1, 0.15) is 5.56 Å². The predicted octanol–water partition coefficient (Wildman–Crippen LogP) is -1.81. The fraction of sp³-hybridized carbons (Fsp3) is 0.125. The molecular weight excluding hydrogens is 319 g/mol. The SMILES string of the molecule is NC(=O)Cn1c(N)[n+](Cc2ccccc2F)c2ccccc21.[Cl-]. The fourth-order valence-corrected chi connectivity index (χ4v) is 2.60. The number of benzene rings is 2. The molecule has 0 radical (unpaired) electrons. The van der Waals surface area contributed by atoms with Gasteiger partial charge in [-0.15, -0.1) is 0 Å². The number of fused-ring (bicyclic) bond motifs is 1. The minimum Gasteiger partial charge on any atom is -1.00 e. The summed E-state index contributed by atoms with van der Waals surface area (Å²) in [7, 11) is 0. The first-order valence-electron chi connectivity index (χ1n) is 6.86. The summed E-state index contributed by atoms with van der Waals surface area (Å²) < 4.78 is 17.3. The number of carbonyl (C=O) groups excluding carboxylic acids is 1. The normalized spacial score (nSPS) is 10.5. The molecule has 1 heterocycles. The first-order chi connectivity index (χ1) is 10.6. The Morgan fingerprint density at radius 1 is 1.13 bits per heavy atom. The molecule has 0 saturated heterocycles. The number of nitrogens with zero attached hydrogens (tertiary/aromatic N) is 2. The molecule has 2 aromatic carbocycles. The molecule has 0 fully saturated rings. The summed E-state index contributed by atoms with van der Waals surface area (Å²) in [6.45, 7) is 0.265. The van der Waals surface area contributed by atoms with E-state index in [1.165, 1.54) is 6.07 Å². The zero-order chi connectivity index (χ0) is 15.7. The Hall–Kier alpha value is -2.60. The molecule has 1 amide bonds. The number of rotatable bonds is 4. The summed E-state index contributed by atoms with van der Waals surface area (Å²) in [5, 5.41) is 0. The number of carbonyl (C=O) groups is 1. The molecule has 0 saturated carbocycles. The molecule has 5 nitrogen and oxygen atoms in total. The second-order valence-electron chi connectivity index (χ2n) is 5.08. The zero-order valence-electron chi connectivity index (χ0n) is 12.2. The summed E-state index contributed by atoms with van der Waals surface area (Å²) in [5.74, 6) is -0.408. The highest BCUT2D eigenvalue weighted by Crippen LogP contribution is 2.17. The molecule has 0 spiro atoms. The molecule has 1 aromatic heterocycles. The van der Waals surface area contributed by atoms with Gasteiger partial charge in [-0.2, -0.15) is 0 Å². The number of imidazole rings is 1. The third kappa shape index (κ3) is 3.12. The van der Waals surface area contributed by atoms with Crippen LogP contribution in [0.15, 0.2) is 48.5 Å². The maximum Gasteiger partial charge on any atom is 0.356 e. The van der Waals surface area contributed by atoms with Gasteiger partial charge in [0.25, 0.3) is 5.91 Å². The first-order valence-corrected chi connectivity index (χ1v) is 6.86. The lowest BCUT2D eigenvalue weighted by Gasteiger charge is -2.03. The van der Waals surface area contributed by atoms with Crippen LogP contribution in [0.3, 0.4) is 0 Å². The first kappa shape index (κ1) is 16.8. The fourth-order valence-electron chi connectivity index (χ4n) is 2.60. The van der Waals surface area contributed by atoms with Crippen LogP contribution in [-0.4, -0.2) is 10.5 Å². The molecule has 23 heavy (non-hydrogen) atoms. The Morgan fingerprint density at radius 2 is 1.78 bits per heavy atom. The maximum atomic E-state index is 13.9. The van der Waals surface area contributed by atoms with Gasteiger partial charge in [-0.25, -0.2) is 13.5 Å². The molecule has 4 N–H and O–H groups in total. The van der Waals surface area contributed by atoms with E-state index in [-0.39, 0.29) is 31.3 Å². The molecule has 0 bridgehead atoms. The van der Waals surface area contributed by atoms with Gasteiger partial charge in [-0.1, -0.05) is 30.3 Å². The quantitative estimate of drug-likeness (QED) is 0.552. The number of nitrogen functional groups attached to an aromatic ring is 1. The van der Waals surface area contributed by atoms with Gasteiger partial charge in [0, 0.05) is 5.56 Å². The van der Waals surface area contributed by atoms with Gasteiger partial charge >= 0.3 is 5.95 Å². The third-order valence-corrected chi connectivity index (χ3v) is 3.62. The zero-order valence-corrected chi connectivity index (χ0v) is 13.0. The maximum absolute atomic E-state index is 13.9. The molecule has 0 aliphatic carbocycles. The highest BCUT2D eigenvalue weighted by Gasteiger charge is 2.22.